The summed E-state index contributed by atoms with van der Waals surface area (Å²) in [5.74, 6) is 3.16. The molecule has 0 atom stereocenters. The van der Waals surface area contributed by atoms with E-state index in [1.54, 1.807) is 12.4 Å². The van der Waals surface area contributed by atoms with Crippen LogP contribution in [0.2, 0.25) is 0 Å². The van der Waals surface area contributed by atoms with Crippen LogP contribution in [0.4, 0.5) is 28.7 Å². The molecule has 2 aromatic carbocycles. The van der Waals surface area contributed by atoms with Crippen molar-refractivity contribution in [3.8, 4) is 11.5 Å². The van der Waals surface area contributed by atoms with Crippen LogP contribution in [0, 0.1) is 0 Å². The second kappa shape index (κ2) is 11.4. The van der Waals surface area contributed by atoms with Crippen molar-refractivity contribution in [3.05, 3.63) is 152 Å². The van der Waals surface area contributed by atoms with Crippen LogP contribution in [-0.4, -0.2) is 58.5 Å². The summed E-state index contributed by atoms with van der Waals surface area (Å²) in [4.78, 5) is 39.1. The van der Waals surface area contributed by atoms with Gasteiger partial charge in [-0.3, -0.25) is 33.9 Å². The zero-order valence-electron chi connectivity index (χ0n) is 29.1. The second-order valence-corrected chi connectivity index (χ2v) is 13.5. The Bertz CT molecular complexity index is 3010. The van der Waals surface area contributed by atoms with Crippen molar-refractivity contribution in [3.63, 3.8) is 0 Å². The van der Waals surface area contributed by atoms with E-state index in [0.717, 1.165) is 90.1 Å². The third kappa shape index (κ3) is 4.14. The average molecular weight is 711 g/mol. The minimum Gasteiger partial charge on any atom is -0.365 e. The smallest absolute Gasteiger partial charge is 0.277 e. The Morgan fingerprint density at radius 1 is 0.636 bits per heavy atom. The Labute approximate surface area is 313 Å². The molecule has 0 spiro atoms. The number of rotatable bonds is 5. The highest BCUT2D eigenvalue weighted by Crippen LogP contribution is 2.46. The van der Waals surface area contributed by atoms with Gasteiger partial charge < -0.3 is 5.32 Å². The van der Waals surface area contributed by atoms with E-state index in [1.807, 2.05) is 91.7 Å². The molecule has 0 unspecified atom stereocenters. The van der Waals surface area contributed by atoms with E-state index in [2.05, 4.69) is 66.7 Å². The van der Waals surface area contributed by atoms with Crippen LogP contribution in [-0.2, 0) is 0 Å². The van der Waals surface area contributed by atoms with E-state index >= 15 is 0 Å². The SMILES string of the molecule is C1=NC2=C(NC1)N(c1ccccc1)c1cc(N(c3ccccn3)c3ccccn3)cc3c1B2c1ccnc2c4c5nccnc5n(-c5ccccn5)c4n-3c12. The maximum Gasteiger partial charge on any atom is 0.277 e. The van der Waals surface area contributed by atoms with Crippen LogP contribution in [0.15, 0.2) is 157 Å². The first kappa shape index (κ1) is 29.9. The number of nitrogens with zero attached hydrogens (tertiary/aromatic N) is 11. The van der Waals surface area contributed by atoms with Crippen LogP contribution in [0.3, 0.4) is 0 Å². The van der Waals surface area contributed by atoms with Gasteiger partial charge in [0, 0.05) is 60.5 Å². The fourth-order valence-corrected chi connectivity index (χ4v) is 8.59. The lowest BCUT2D eigenvalue weighted by molar-refractivity contribution is 0.856. The van der Waals surface area contributed by atoms with Gasteiger partial charge in [-0.1, -0.05) is 36.4 Å². The Balaban J connectivity index is 1.29. The van der Waals surface area contributed by atoms with Gasteiger partial charge in [0.2, 0.25) is 0 Å². The molecule has 0 saturated carbocycles. The number of pyridine rings is 4. The molecule has 12 nitrogen and oxygen atoms in total. The minimum absolute atomic E-state index is 0.200. The number of aliphatic imine (C=N–C) groups is 1. The van der Waals surface area contributed by atoms with Crippen LogP contribution < -0.4 is 26.0 Å². The molecule has 0 aliphatic carbocycles. The molecule has 3 aliphatic rings. The average Bonchev–Trinajstić information content (AvgIpc) is 3.77. The molecule has 13 heteroatoms. The first-order valence-corrected chi connectivity index (χ1v) is 18.1. The lowest BCUT2D eigenvalue weighted by atomic mass is 9.35. The lowest BCUT2D eigenvalue weighted by Crippen LogP contribution is -2.57. The molecule has 0 fully saturated rings. The third-order valence-electron chi connectivity index (χ3n) is 10.6. The molecule has 9 aromatic rings. The third-order valence-corrected chi connectivity index (χ3v) is 10.6. The summed E-state index contributed by atoms with van der Waals surface area (Å²) >= 11 is 0. The zero-order valence-corrected chi connectivity index (χ0v) is 29.1. The first-order valence-electron chi connectivity index (χ1n) is 18.1. The van der Waals surface area contributed by atoms with Crippen molar-refractivity contribution in [2.45, 2.75) is 0 Å². The second-order valence-electron chi connectivity index (χ2n) is 13.5. The van der Waals surface area contributed by atoms with Gasteiger partial charge in [-0.15, -0.1) is 0 Å². The lowest BCUT2D eigenvalue weighted by Gasteiger charge is -2.42. The van der Waals surface area contributed by atoms with Crippen molar-refractivity contribution < 1.29 is 0 Å². The molecule has 7 aromatic heterocycles. The number of anilines is 5. The summed E-state index contributed by atoms with van der Waals surface area (Å²) in [6.07, 6.45) is 12.8. The first-order chi connectivity index (χ1) is 27.3. The van der Waals surface area contributed by atoms with Gasteiger partial charge in [0.15, 0.2) is 5.65 Å². The number of aromatic nitrogens is 8. The van der Waals surface area contributed by atoms with E-state index in [4.69, 9.17) is 34.9 Å². The molecule has 258 valence electrons. The quantitative estimate of drug-likeness (QED) is 0.214. The molecule has 0 saturated heterocycles. The van der Waals surface area contributed by atoms with Crippen LogP contribution in [0.5, 0.6) is 0 Å². The van der Waals surface area contributed by atoms with Crippen LogP contribution in [0.1, 0.15) is 0 Å². The molecule has 12 rings (SSSR count). The summed E-state index contributed by atoms with van der Waals surface area (Å²) in [5, 5.41) is 4.64. The summed E-state index contributed by atoms with van der Waals surface area (Å²) in [5.41, 5.74) is 11.2. The maximum absolute atomic E-state index is 5.18. The number of hydrogen-bond donors (Lipinski definition) is 1. The van der Waals surface area contributed by atoms with Gasteiger partial charge in [-0.25, -0.2) is 19.9 Å². The number of hydrogen-bond acceptors (Lipinski definition) is 10. The van der Waals surface area contributed by atoms with E-state index in [1.165, 1.54) is 0 Å². The fourth-order valence-electron chi connectivity index (χ4n) is 8.59. The predicted molar refractivity (Wildman–Crippen MR) is 216 cm³/mol. The number of para-hydroxylation sites is 1. The van der Waals surface area contributed by atoms with Gasteiger partial charge in [0.05, 0.1) is 34.2 Å². The van der Waals surface area contributed by atoms with Crippen molar-refractivity contribution in [1.29, 1.82) is 0 Å². The van der Waals surface area contributed by atoms with Gasteiger partial charge >= 0.3 is 0 Å². The Morgan fingerprint density at radius 3 is 2.13 bits per heavy atom. The summed E-state index contributed by atoms with van der Waals surface area (Å²) < 4.78 is 4.45. The van der Waals surface area contributed by atoms with Crippen LogP contribution in [0.25, 0.3) is 44.7 Å². The number of benzene rings is 2. The Morgan fingerprint density at radius 2 is 1.36 bits per heavy atom. The molecule has 3 aliphatic heterocycles. The molecule has 0 bridgehead atoms. The fraction of sp³-hybridized carbons (Fsp3) is 0.0238. The van der Waals surface area contributed by atoms with Gasteiger partial charge in [-0.05, 0) is 77.7 Å². The normalized spacial score (nSPS) is 14.0. The Kier molecular flexibility index (Phi) is 6.20. The van der Waals surface area contributed by atoms with E-state index < -0.39 is 0 Å². The van der Waals surface area contributed by atoms with Crippen molar-refractivity contribution in [1.82, 2.24) is 44.4 Å². The molecule has 55 heavy (non-hydrogen) atoms. The highest BCUT2D eigenvalue weighted by atomic mass is 15.3. The topological polar surface area (TPSA) is 118 Å². The predicted octanol–water partition coefficient (Wildman–Crippen LogP) is 6.02. The monoisotopic (exact) mass is 710 g/mol. The van der Waals surface area contributed by atoms with Crippen molar-refractivity contribution in [2.75, 3.05) is 16.3 Å². The van der Waals surface area contributed by atoms with Gasteiger partial charge in [0.1, 0.15) is 34.4 Å². The van der Waals surface area contributed by atoms with E-state index in [9.17, 15) is 0 Å². The number of fused-ring (bicyclic) bond motifs is 8. The van der Waals surface area contributed by atoms with Crippen LogP contribution >= 0.6 is 0 Å². The largest absolute Gasteiger partial charge is 0.365 e. The highest BCUT2D eigenvalue weighted by Gasteiger charge is 2.46. The molecular weight excluding hydrogens is 683 g/mol. The van der Waals surface area contributed by atoms with E-state index in [-0.39, 0.29) is 6.71 Å². The standard InChI is InChI=1S/C42H27BN12/c1-2-10-26(11-3-1)52-29-24-27(53(31-12-4-7-16-44-31)32-13-5-8-17-45-32)25-30-35(29)43(39-41(52)51-23-21-49-39)28-15-19-47-36-34-37-40(50-22-20-48-37)55(33-14-6-9-18-46-33)42(34)54(30)38(28)36/h1-22,24-25,51H,23H2. The Hall–Kier alpha value is -7.67. The number of nitrogens with one attached hydrogen (secondary N) is 1. The molecule has 0 amide bonds. The van der Waals surface area contributed by atoms with Gasteiger partial charge in [-0.2, -0.15) is 0 Å². The molecule has 1 N–H and O–H groups in total. The van der Waals surface area contributed by atoms with Crippen molar-refractivity contribution >= 4 is 85.8 Å². The summed E-state index contributed by atoms with van der Waals surface area (Å²) in [6.45, 7) is 0.407. The van der Waals surface area contributed by atoms with Crippen molar-refractivity contribution in [2.24, 2.45) is 4.99 Å². The summed E-state index contributed by atoms with van der Waals surface area (Å²) in [7, 11) is 0. The van der Waals surface area contributed by atoms with Gasteiger partial charge in [0.25, 0.3) is 6.71 Å². The minimum atomic E-state index is -0.200. The highest BCUT2D eigenvalue weighted by molar-refractivity contribution is 6.95. The molecule has 10 heterocycles. The molecule has 0 radical (unpaired) electrons. The van der Waals surface area contributed by atoms with E-state index in [0.29, 0.717) is 12.2 Å². The maximum atomic E-state index is 5.18. The zero-order chi connectivity index (χ0) is 36.0. The molecular formula is C42H27BN12. The summed E-state index contributed by atoms with van der Waals surface area (Å²) in [6, 6.07) is 34.9.